The first-order chi connectivity index (χ1) is 28.6. The fraction of sp³-hybridized carbons (Fsp3) is 0.585. The highest BCUT2D eigenvalue weighted by Gasteiger charge is 2.16. The summed E-state index contributed by atoms with van der Waals surface area (Å²) >= 11 is 0. The quantitative estimate of drug-likeness (QED) is 0.0380. The van der Waals surface area contributed by atoms with Crippen molar-refractivity contribution in [2.24, 2.45) is 0 Å². The molecule has 0 heterocycles. The first kappa shape index (κ1) is 54.3. The van der Waals surface area contributed by atoms with Crippen molar-refractivity contribution in [3.8, 4) is 0 Å². The Hall–Kier alpha value is -3.70. The minimum Gasteiger partial charge on any atom is -0.462 e. The van der Waals surface area contributed by atoms with Crippen LogP contribution in [0.25, 0.3) is 0 Å². The molecule has 58 heavy (non-hydrogen) atoms. The van der Waals surface area contributed by atoms with E-state index in [0.717, 1.165) is 128 Å². The van der Waals surface area contributed by atoms with Gasteiger partial charge >= 0.3 is 11.9 Å². The molecule has 0 aromatic heterocycles. The Labute approximate surface area is 356 Å². The van der Waals surface area contributed by atoms with Gasteiger partial charge in [0.2, 0.25) is 0 Å². The summed E-state index contributed by atoms with van der Waals surface area (Å²) in [7, 11) is 0. The van der Waals surface area contributed by atoms with Crippen LogP contribution in [0.4, 0.5) is 0 Å². The number of carbonyl (C=O) groups is 2. The number of allylic oxidation sites excluding steroid dienone is 20. The summed E-state index contributed by atoms with van der Waals surface area (Å²) in [6, 6.07) is 0. The van der Waals surface area contributed by atoms with Crippen LogP contribution in [0, 0.1) is 0 Å². The van der Waals surface area contributed by atoms with E-state index in [4.69, 9.17) is 9.47 Å². The predicted octanol–water partition coefficient (Wildman–Crippen LogP) is 15.2. The lowest BCUT2D eigenvalue weighted by atomic mass is 10.1. The molecule has 0 aromatic carbocycles. The third-order valence-corrected chi connectivity index (χ3v) is 9.25. The standard InChI is InChI=1S/C53H84O5/c1-3-5-7-9-11-13-15-17-19-21-23-25-26-28-30-32-34-36-38-40-42-44-46-48-53(56)58-51(49-54)50-57-52(55)47-45-43-41-39-37-35-33-31-29-27-24-22-20-18-16-14-12-10-8-6-4-2/h5-8,11-14,17-20,23-25,27-28,30-31,33,51,54H,3-4,9-10,15-16,21-22,26,29,32,34-50H2,1-2H3/b7-5-,8-6-,13-11-,14-12-,19-17-,20-18-,25-23-,27-24-,30-28-,33-31-. The van der Waals surface area contributed by atoms with Crippen molar-refractivity contribution < 1.29 is 24.2 Å². The number of ether oxygens (including phenoxy) is 2. The van der Waals surface area contributed by atoms with Gasteiger partial charge in [0.25, 0.3) is 0 Å². The molecule has 0 saturated carbocycles. The Bertz CT molecular complexity index is 1220. The maximum absolute atomic E-state index is 12.2. The molecule has 0 amide bonds. The van der Waals surface area contributed by atoms with Gasteiger partial charge in [-0.2, -0.15) is 0 Å². The second-order valence-electron chi connectivity index (χ2n) is 14.7. The second-order valence-corrected chi connectivity index (χ2v) is 14.7. The lowest BCUT2D eigenvalue weighted by molar-refractivity contribution is -0.161. The van der Waals surface area contributed by atoms with Gasteiger partial charge in [-0.05, 0) is 103 Å². The molecule has 1 atom stereocenters. The number of carbonyl (C=O) groups excluding carboxylic acids is 2. The van der Waals surface area contributed by atoms with Crippen LogP contribution in [-0.2, 0) is 19.1 Å². The Balaban J connectivity index is 3.65. The van der Waals surface area contributed by atoms with Crippen LogP contribution >= 0.6 is 0 Å². The SMILES string of the molecule is CC/C=C\C/C=C\C/C=C\C/C=C\C/C=C\CCCCCCCCCC(=O)OC(CO)COC(=O)CCCCCCC/C=C\C/C=C\C/C=C\C/C=C\C/C=C\CC. The van der Waals surface area contributed by atoms with E-state index in [9.17, 15) is 14.7 Å². The van der Waals surface area contributed by atoms with Crippen molar-refractivity contribution in [1.82, 2.24) is 0 Å². The fourth-order valence-electron chi connectivity index (χ4n) is 5.84. The summed E-state index contributed by atoms with van der Waals surface area (Å²) in [5.41, 5.74) is 0. The minimum absolute atomic E-state index is 0.0893. The largest absolute Gasteiger partial charge is 0.462 e. The molecule has 0 saturated heterocycles. The molecular weight excluding hydrogens is 717 g/mol. The Kier molecular flexibility index (Phi) is 44.6. The molecule has 1 unspecified atom stereocenters. The van der Waals surface area contributed by atoms with E-state index in [-0.39, 0.29) is 25.2 Å². The third-order valence-electron chi connectivity index (χ3n) is 9.25. The monoisotopic (exact) mass is 801 g/mol. The van der Waals surface area contributed by atoms with E-state index >= 15 is 0 Å². The fourth-order valence-corrected chi connectivity index (χ4v) is 5.84. The van der Waals surface area contributed by atoms with Crippen molar-refractivity contribution >= 4 is 11.9 Å². The zero-order valence-electron chi connectivity index (χ0n) is 37.0. The number of hydrogen-bond acceptors (Lipinski definition) is 5. The first-order valence-corrected chi connectivity index (χ1v) is 23.1. The van der Waals surface area contributed by atoms with Gasteiger partial charge in [-0.15, -0.1) is 0 Å². The van der Waals surface area contributed by atoms with Crippen molar-refractivity contribution in [3.05, 3.63) is 122 Å². The number of unbranched alkanes of at least 4 members (excludes halogenated alkanes) is 12. The van der Waals surface area contributed by atoms with E-state index in [0.29, 0.717) is 12.8 Å². The van der Waals surface area contributed by atoms with Crippen LogP contribution in [0.5, 0.6) is 0 Å². The van der Waals surface area contributed by atoms with Gasteiger partial charge in [-0.3, -0.25) is 9.59 Å². The van der Waals surface area contributed by atoms with Gasteiger partial charge < -0.3 is 14.6 Å². The average molecular weight is 801 g/mol. The Morgan fingerprint density at radius 3 is 1.03 bits per heavy atom. The lowest BCUT2D eigenvalue weighted by Gasteiger charge is -2.15. The molecular formula is C53H84O5. The van der Waals surface area contributed by atoms with Crippen LogP contribution in [0.15, 0.2) is 122 Å². The maximum Gasteiger partial charge on any atom is 0.306 e. The third kappa shape index (κ3) is 45.0. The van der Waals surface area contributed by atoms with Crippen molar-refractivity contribution in [2.45, 2.75) is 187 Å². The molecule has 0 bridgehead atoms. The smallest absolute Gasteiger partial charge is 0.306 e. The van der Waals surface area contributed by atoms with E-state index in [1.807, 2.05) is 0 Å². The number of hydrogen-bond donors (Lipinski definition) is 1. The van der Waals surface area contributed by atoms with Gasteiger partial charge in [0.1, 0.15) is 6.61 Å². The first-order valence-electron chi connectivity index (χ1n) is 23.1. The topological polar surface area (TPSA) is 72.8 Å². The zero-order chi connectivity index (χ0) is 42.1. The Morgan fingerprint density at radius 2 is 0.690 bits per heavy atom. The molecule has 0 aliphatic rings. The molecule has 1 N–H and O–H groups in total. The summed E-state index contributed by atoms with van der Waals surface area (Å²) in [6.45, 7) is 3.87. The van der Waals surface area contributed by atoms with Crippen molar-refractivity contribution in [3.63, 3.8) is 0 Å². The normalized spacial score (nSPS) is 13.4. The number of aliphatic hydroxyl groups excluding tert-OH is 1. The molecule has 5 nitrogen and oxygen atoms in total. The van der Waals surface area contributed by atoms with Gasteiger partial charge in [-0.25, -0.2) is 0 Å². The number of aliphatic hydroxyl groups is 1. The average Bonchev–Trinajstić information content (AvgIpc) is 3.23. The van der Waals surface area contributed by atoms with Gasteiger partial charge in [0, 0.05) is 12.8 Å². The molecule has 0 rings (SSSR count). The summed E-state index contributed by atoms with van der Waals surface area (Å²) < 4.78 is 10.6. The zero-order valence-corrected chi connectivity index (χ0v) is 37.0. The predicted molar refractivity (Wildman–Crippen MR) is 251 cm³/mol. The van der Waals surface area contributed by atoms with E-state index < -0.39 is 6.10 Å². The molecule has 5 heteroatoms. The minimum atomic E-state index is -0.796. The van der Waals surface area contributed by atoms with Crippen LogP contribution in [0.2, 0.25) is 0 Å². The van der Waals surface area contributed by atoms with E-state index in [1.54, 1.807) is 0 Å². The highest BCUT2D eigenvalue weighted by Crippen LogP contribution is 2.12. The van der Waals surface area contributed by atoms with Crippen molar-refractivity contribution in [2.75, 3.05) is 13.2 Å². The van der Waals surface area contributed by atoms with Crippen LogP contribution in [-0.4, -0.2) is 36.4 Å². The van der Waals surface area contributed by atoms with E-state index in [2.05, 4.69) is 135 Å². The van der Waals surface area contributed by atoms with E-state index in [1.165, 1.54) is 25.7 Å². The highest BCUT2D eigenvalue weighted by atomic mass is 16.6. The Morgan fingerprint density at radius 1 is 0.397 bits per heavy atom. The van der Waals surface area contributed by atoms with Gasteiger partial charge in [0.15, 0.2) is 6.10 Å². The number of rotatable bonds is 40. The lowest BCUT2D eigenvalue weighted by Crippen LogP contribution is -2.28. The molecule has 0 spiro atoms. The summed E-state index contributed by atoms with van der Waals surface area (Å²) in [5, 5.41) is 9.61. The van der Waals surface area contributed by atoms with Gasteiger partial charge in [-0.1, -0.05) is 187 Å². The molecule has 0 fully saturated rings. The number of esters is 2. The summed E-state index contributed by atoms with van der Waals surface area (Å²) in [4.78, 5) is 24.4. The summed E-state index contributed by atoms with van der Waals surface area (Å²) in [5.74, 6) is -0.636. The molecule has 0 aliphatic carbocycles. The second kappa shape index (κ2) is 47.7. The molecule has 0 aromatic rings. The van der Waals surface area contributed by atoms with Crippen LogP contribution in [0.3, 0.4) is 0 Å². The summed E-state index contributed by atoms with van der Waals surface area (Å²) in [6.07, 6.45) is 69.8. The highest BCUT2D eigenvalue weighted by molar-refractivity contribution is 5.70. The van der Waals surface area contributed by atoms with Crippen LogP contribution in [0.1, 0.15) is 181 Å². The van der Waals surface area contributed by atoms with Crippen LogP contribution < -0.4 is 0 Å². The molecule has 326 valence electrons. The van der Waals surface area contributed by atoms with Crippen molar-refractivity contribution in [1.29, 1.82) is 0 Å². The molecule has 0 aliphatic heterocycles. The van der Waals surface area contributed by atoms with Gasteiger partial charge in [0.05, 0.1) is 6.61 Å². The maximum atomic E-state index is 12.2. The molecule has 0 radical (unpaired) electrons.